The number of benzene rings is 1. The van der Waals surface area contributed by atoms with Crippen molar-refractivity contribution in [3.05, 3.63) is 29.8 Å². The molecule has 0 amide bonds. The van der Waals surface area contributed by atoms with E-state index in [0.29, 0.717) is 6.54 Å². The fraction of sp³-hybridized carbons (Fsp3) is 0.750. The van der Waals surface area contributed by atoms with E-state index < -0.39 is 28.4 Å². The first-order valence-corrected chi connectivity index (χ1v) is 20.8. The summed E-state index contributed by atoms with van der Waals surface area (Å²) in [7, 11) is -3.20. The minimum absolute atomic E-state index is 0.184. The average Bonchev–Trinajstić information content (AvgIpc) is 2.72. The Labute approximate surface area is 185 Å². The zero-order valence-electron chi connectivity index (χ0n) is 19.8. The number of hydrogen-bond acceptors (Lipinski definition) is 2. The molecule has 0 heterocycles. The van der Waals surface area contributed by atoms with E-state index in [0.717, 1.165) is 0 Å². The molecule has 3 nitrogen and oxygen atoms in total. The van der Waals surface area contributed by atoms with Crippen LogP contribution in [0, 0.1) is 0 Å². The van der Waals surface area contributed by atoms with Crippen molar-refractivity contribution in [3.8, 4) is 0 Å². The second-order valence-electron chi connectivity index (χ2n) is 9.06. The predicted octanol–water partition coefficient (Wildman–Crippen LogP) is 6.17. The van der Waals surface area contributed by atoms with E-state index in [-0.39, 0.29) is 11.2 Å². The molecule has 1 rings (SSSR count). The van der Waals surface area contributed by atoms with E-state index in [1.165, 1.54) is 57.4 Å². The number of sulfonamides is 1. The Morgan fingerprint density at radius 3 is 1.66 bits per heavy atom. The van der Waals surface area contributed by atoms with Gasteiger partial charge in [-0.05, 0) is 0 Å². The number of nitrogens with one attached hydrogen (secondary N) is 1. The molecule has 0 spiro atoms. The van der Waals surface area contributed by atoms with Crippen molar-refractivity contribution < 1.29 is 8.42 Å². The molecule has 1 N–H and O–H groups in total. The Morgan fingerprint density at radius 1 is 0.828 bits per heavy atom. The Bertz CT molecular complexity index is 649. The van der Waals surface area contributed by atoms with Gasteiger partial charge in [-0.25, -0.2) is 0 Å². The molecule has 168 valence electrons. The molecule has 0 aromatic heterocycles. The third-order valence-corrected chi connectivity index (χ3v) is 23.8. The average molecular weight is 530 g/mol. The summed E-state index contributed by atoms with van der Waals surface area (Å²) < 4.78 is 33.0. The summed E-state index contributed by atoms with van der Waals surface area (Å²) in [6.07, 6.45) is 8.00. The Balaban J connectivity index is 3.01. The molecule has 0 radical (unpaired) electrons. The van der Waals surface area contributed by atoms with Crippen molar-refractivity contribution >= 4 is 32.0 Å². The van der Waals surface area contributed by atoms with E-state index >= 15 is 0 Å². The van der Waals surface area contributed by atoms with Crippen LogP contribution in [0.25, 0.3) is 0 Å². The summed E-state index contributed by atoms with van der Waals surface area (Å²) in [4.78, 5) is 0. The molecule has 0 aliphatic heterocycles. The van der Waals surface area contributed by atoms with Gasteiger partial charge < -0.3 is 0 Å². The SMILES string of the molecule is CCC[CH2][Sn]([CH2]CCC)([CH2]CCC)[c]1ccc(C(C)CNS(=O)(=O)C(C)C)cc1. The van der Waals surface area contributed by atoms with Crippen LogP contribution < -0.4 is 8.30 Å². The van der Waals surface area contributed by atoms with Crippen molar-refractivity contribution in [3.63, 3.8) is 0 Å². The monoisotopic (exact) mass is 531 g/mol. The van der Waals surface area contributed by atoms with Gasteiger partial charge in [-0.1, -0.05) is 0 Å². The Kier molecular flexibility index (Phi) is 12.4. The van der Waals surface area contributed by atoms with Crippen molar-refractivity contribution in [2.24, 2.45) is 0 Å². The molecule has 1 atom stereocenters. The zero-order chi connectivity index (χ0) is 21.9. The van der Waals surface area contributed by atoms with E-state index in [4.69, 9.17) is 0 Å². The Morgan fingerprint density at radius 2 is 1.28 bits per heavy atom. The number of unbranched alkanes of at least 4 members (excludes halogenated alkanes) is 3. The molecule has 1 aromatic carbocycles. The van der Waals surface area contributed by atoms with Gasteiger partial charge in [0.1, 0.15) is 0 Å². The predicted molar refractivity (Wildman–Crippen MR) is 131 cm³/mol. The molecule has 0 bridgehead atoms. The molecule has 0 aliphatic rings. The van der Waals surface area contributed by atoms with E-state index in [1.54, 1.807) is 17.4 Å². The summed E-state index contributed by atoms with van der Waals surface area (Å²) in [6, 6.07) is 9.39. The Hall–Kier alpha value is -0.0713. The van der Waals surface area contributed by atoms with Gasteiger partial charge in [-0.15, -0.1) is 0 Å². The van der Waals surface area contributed by atoms with Crippen LogP contribution in [0.3, 0.4) is 0 Å². The molecule has 1 unspecified atom stereocenters. The maximum atomic E-state index is 12.1. The van der Waals surface area contributed by atoms with Gasteiger partial charge in [0.25, 0.3) is 0 Å². The molecular formula is C24H45NO2SSn. The van der Waals surface area contributed by atoms with Crippen LogP contribution in [-0.2, 0) is 10.0 Å². The molecule has 1 aromatic rings. The second kappa shape index (κ2) is 13.4. The van der Waals surface area contributed by atoms with Crippen LogP contribution in [0.4, 0.5) is 0 Å². The van der Waals surface area contributed by atoms with Crippen LogP contribution >= 0.6 is 0 Å². The first-order chi connectivity index (χ1) is 13.7. The number of rotatable bonds is 15. The molecule has 0 saturated heterocycles. The molecule has 0 saturated carbocycles. The van der Waals surface area contributed by atoms with E-state index in [2.05, 4.69) is 56.7 Å². The zero-order valence-corrected chi connectivity index (χ0v) is 23.4. The van der Waals surface area contributed by atoms with Gasteiger partial charge >= 0.3 is 186 Å². The number of hydrogen-bond donors (Lipinski definition) is 1. The summed E-state index contributed by atoms with van der Waals surface area (Å²) in [5.74, 6) is 0.184. The van der Waals surface area contributed by atoms with Crippen LogP contribution in [-0.4, -0.2) is 38.6 Å². The normalized spacial score (nSPS) is 13.8. The van der Waals surface area contributed by atoms with Crippen molar-refractivity contribution in [2.75, 3.05) is 6.54 Å². The minimum atomic E-state index is -3.20. The fourth-order valence-electron chi connectivity index (χ4n) is 4.04. The second-order valence-corrected chi connectivity index (χ2v) is 24.6. The maximum absolute atomic E-state index is 12.1. The molecule has 0 aliphatic carbocycles. The first-order valence-electron chi connectivity index (χ1n) is 11.8. The molecular weight excluding hydrogens is 485 g/mol. The van der Waals surface area contributed by atoms with Gasteiger partial charge in [0, 0.05) is 0 Å². The fourth-order valence-corrected chi connectivity index (χ4v) is 20.8. The van der Waals surface area contributed by atoms with Crippen LogP contribution in [0.15, 0.2) is 24.3 Å². The van der Waals surface area contributed by atoms with Crippen molar-refractivity contribution in [2.45, 2.75) is 105 Å². The summed E-state index contributed by atoms with van der Waals surface area (Å²) >= 11 is -2.37. The third-order valence-electron chi connectivity index (χ3n) is 6.33. The van der Waals surface area contributed by atoms with Gasteiger partial charge in [0.2, 0.25) is 0 Å². The summed E-state index contributed by atoms with van der Waals surface area (Å²) in [5.41, 5.74) is 1.24. The van der Waals surface area contributed by atoms with Crippen LogP contribution in [0.2, 0.25) is 13.3 Å². The molecule has 29 heavy (non-hydrogen) atoms. The standard InChI is InChI=1S/C12H18NO2S.3C4H9.Sn/c1-10(2)16(14,15)13-9-11(3)12-7-5-4-6-8-12;3*1-3-4-2;/h5-8,10-11,13H,9H2,1-3H3;3*1,3-4H2,2H3;. The van der Waals surface area contributed by atoms with Crippen molar-refractivity contribution in [1.29, 1.82) is 0 Å². The first kappa shape index (κ1) is 27.0. The van der Waals surface area contributed by atoms with Crippen molar-refractivity contribution in [1.82, 2.24) is 4.72 Å². The van der Waals surface area contributed by atoms with E-state index in [9.17, 15) is 8.42 Å². The topological polar surface area (TPSA) is 46.2 Å². The molecule has 0 fully saturated rings. The van der Waals surface area contributed by atoms with Gasteiger partial charge in [0.05, 0.1) is 0 Å². The quantitative estimate of drug-likeness (QED) is 0.276. The third kappa shape index (κ3) is 8.53. The van der Waals surface area contributed by atoms with Gasteiger partial charge in [-0.2, -0.15) is 0 Å². The summed E-state index contributed by atoms with van der Waals surface area (Å²) in [5, 5.41) is -0.387. The summed E-state index contributed by atoms with van der Waals surface area (Å²) in [6.45, 7) is 13.0. The van der Waals surface area contributed by atoms with E-state index in [1.807, 2.05) is 0 Å². The van der Waals surface area contributed by atoms with Crippen LogP contribution in [0.1, 0.15) is 91.5 Å². The molecule has 5 heteroatoms. The van der Waals surface area contributed by atoms with Gasteiger partial charge in [0.15, 0.2) is 0 Å². The van der Waals surface area contributed by atoms with Crippen LogP contribution in [0.5, 0.6) is 0 Å². The van der Waals surface area contributed by atoms with Gasteiger partial charge in [-0.3, -0.25) is 0 Å².